The molecule has 2 atom stereocenters. The van der Waals surface area contributed by atoms with Gasteiger partial charge in [0.25, 0.3) is 0 Å². The monoisotopic (exact) mass is 295 g/mol. The molecule has 1 aliphatic heterocycles. The van der Waals surface area contributed by atoms with Crippen LogP contribution in [0.5, 0.6) is 0 Å². The number of carbonyl (C=O) groups excluding carboxylic acids is 3. The number of oxime groups is 1. The molecule has 0 aromatic rings. The van der Waals surface area contributed by atoms with Gasteiger partial charge in [-0.15, -0.1) is 0 Å². The Hall–Kier alpha value is -1.92. The first-order valence-electron chi connectivity index (χ1n) is 7.36. The van der Waals surface area contributed by atoms with Crippen molar-refractivity contribution < 1.29 is 19.6 Å². The fourth-order valence-electron chi connectivity index (χ4n) is 3.14. The largest absolute Gasteiger partial charge is 0.411 e. The van der Waals surface area contributed by atoms with Gasteiger partial charge in [-0.25, -0.2) is 0 Å². The molecule has 1 saturated heterocycles. The lowest BCUT2D eigenvalue weighted by Crippen LogP contribution is -2.43. The molecule has 0 aromatic heterocycles. The number of hydrogen-bond acceptors (Lipinski definition) is 5. The summed E-state index contributed by atoms with van der Waals surface area (Å²) in [6.45, 7) is 4.65. The summed E-state index contributed by atoms with van der Waals surface area (Å²) < 4.78 is 0. The highest BCUT2D eigenvalue weighted by Gasteiger charge is 2.50. The van der Waals surface area contributed by atoms with Crippen LogP contribution in [0.15, 0.2) is 5.16 Å². The molecular weight excluding hydrogens is 274 g/mol. The number of imide groups is 1. The summed E-state index contributed by atoms with van der Waals surface area (Å²) in [6, 6.07) is 0. The second kappa shape index (κ2) is 6.24. The lowest BCUT2D eigenvalue weighted by molar-refractivity contribution is -0.146. The third kappa shape index (κ3) is 2.77. The van der Waals surface area contributed by atoms with Gasteiger partial charge in [-0.05, 0) is 26.7 Å². The molecule has 2 unspecified atom stereocenters. The van der Waals surface area contributed by atoms with E-state index in [1.54, 1.807) is 4.90 Å². The van der Waals surface area contributed by atoms with Crippen molar-refractivity contribution in [3.63, 3.8) is 0 Å². The van der Waals surface area contributed by atoms with Crippen molar-refractivity contribution >= 4 is 23.4 Å². The Morgan fingerprint density at radius 1 is 1.29 bits per heavy atom. The van der Waals surface area contributed by atoms with E-state index in [9.17, 15) is 14.4 Å². The number of rotatable bonds is 4. The van der Waals surface area contributed by atoms with Crippen LogP contribution in [-0.4, -0.2) is 58.1 Å². The van der Waals surface area contributed by atoms with Crippen LogP contribution in [0.25, 0.3) is 0 Å². The van der Waals surface area contributed by atoms with Gasteiger partial charge in [0.1, 0.15) is 6.54 Å². The lowest BCUT2D eigenvalue weighted by Gasteiger charge is -2.22. The van der Waals surface area contributed by atoms with Crippen molar-refractivity contribution in [3.05, 3.63) is 0 Å². The molecule has 1 N–H and O–H groups in total. The third-order valence-electron chi connectivity index (χ3n) is 4.40. The van der Waals surface area contributed by atoms with Gasteiger partial charge >= 0.3 is 0 Å². The van der Waals surface area contributed by atoms with Gasteiger partial charge in [0.05, 0.1) is 17.5 Å². The number of carbonyl (C=O) groups is 3. The summed E-state index contributed by atoms with van der Waals surface area (Å²) in [5.74, 6) is -1.63. The van der Waals surface area contributed by atoms with E-state index in [2.05, 4.69) is 5.16 Å². The maximum Gasteiger partial charge on any atom is 0.242 e. The maximum atomic E-state index is 12.3. The van der Waals surface area contributed by atoms with Crippen LogP contribution in [0.2, 0.25) is 0 Å². The van der Waals surface area contributed by atoms with Crippen molar-refractivity contribution in [1.29, 1.82) is 0 Å². The zero-order valence-corrected chi connectivity index (χ0v) is 12.4. The summed E-state index contributed by atoms with van der Waals surface area (Å²) in [6.07, 6.45) is 1.33. The van der Waals surface area contributed by atoms with Gasteiger partial charge in [-0.2, -0.15) is 0 Å². The van der Waals surface area contributed by atoms with E-state index in [0.717, 1.165) is 4.90 Å². The molecule has 7 nitrogen and oxygen atoms in total. The Morgan fingerprint density at radius 3 is 2.48 bits per heavy atom. The molecule has 0 spiro atoms. The van der Waals surface area contributed by atoms with E-state index in [1.807, 2.05) is 13.8 Å². The Balaban J connectivity index is 2.10. The van der Waals surface area contributed by atoms with Crippen molar-refractivity contribution in [2.24, 2.45) is 17.0 Å². The number of fused-ring (bicyclic) bond motifs is 1. The highest BCUT2D eigenvalue weighted by Crippen LogP contribution is 2.37. The third-order valence-corrected chi connectivity index (χ3v) is 4.40. The van der Waals surface area contributed by atoms with Crippen molar-refractivity contribution in [2.45, 2.75) is 33.1 Å². The van der Waals surface area contributed by atoms with Gasteiger partial charge in [-0.3, -0.25) is 19.3 Å². The minimum Gasteiger partial charge on any atom is -0.411 e. The van der Waals surface area contributed by atoms with E-state index in [0.29, 0.717) is 38.1 Å². The standard InChI is InChI=1S/C14H21N3O4/c1-3-16(4-2)12(18)8-17-13(19)10-6-5-9(15-21)7-11(10)14(17)20/h10-11,21H,3-8H2,1-2H3. The Labute approximate surface area is 123 Å². The lowest BCUT2D eigenvalue weighted by atomic mass is 9.80. The van der Waals surface area contributed by atoms with E-state index in [-0.39, 0.29) is 30.2 Å². The van der Waals surface area contributed by atoms with Gasteiger partial charge in [-0.1, -0.05) is 5.16 Å². The second-order valence-electron chi connectivity index (χ2n) is 5.45. The molecule has 3 amide bonds. The number of amides is 3. The van der Waals surface area contributed by atoms with Gasteiger partial charge in [0.15, 0.2) is 0 Å². The predicted molar refractivity (Wildman–Crippen MR) is 74.7 cm³/mol. The fraction of sp³-hybridized carbons (Fsp3) is 0.714. The zero-order chi connectivity index (χ0) is 15.6. The van der Waals surface area contributed by atoms with Crippen molar-refractivity contribution in [1.82, 2.24) is 9.80 Å². The van der Waals surface area contributed by atoms with Crippen LogP contribution in [0, 0.1) is 11.8 Å². The molecule has 2 aliphatic rings. The molecule has 116 valence electrons. The minimum atomic E-state index is -0.471. The quantitative estimate of drug-likeness (QED) is 0.464. The van der Waals surface area contributed by atoms with Crippen LogP contribution in [0.1, 0.15) is 33.1 Å². The zero-order valence-electron chi connectivity index (χ0n) is 12.4. The smallest absolute Gasteiger partial charge is 0.242 e. The van der Waals surface area contributed by atoms with E-state index in [1.165, 1.54) is 0 Å². The SMILES string of the molecule is CCN(CC)C(=O)CN1C(=O)C2CCC(=NO)CC2C1=O. The second-order valence-corrected chi connectivity index (χ2v) is 5.45. The molecule has 1 aliphatic carbocycles. The molecule has 0 radical (unpaired) electrons. The van der Waals surface area contributed by atoms with Crippen LogP contribution in [0.4, 0.5) is 0 Å². The molecule has 0 bridgehead atoms. The normalized spacial score (nSPS) is 27.1. The number of hydrogen-bond donors (Lipinski definition) is 1. The highest BCUT2D eigenvalue weighted by atomic mass is 16.4. The molecular formula is C14H21N3O4. The number of likely N-dealkylation sites (tertiary alicyclic amines) is 1. The maximum absolute atomic E-state index is 12.3. The molecule has 1 saturated carbocycles. The Kier molecular flexibility index (Phi) is 4.59. The summed E-state index contributed by atoms with van der Waals surface area (Å²) in [4.78, 5) is 39.4. The first-order chi connectivity index (χ1) is 10.0. The van der Waals surface area contributed by atoms with E-state index >= 15 is 0 Å². The average Bonchev–Trinajstić information content (AvgIpc) is 2.73. The van der Waals surface area contributed by atoms with Gasteiger partial charge in [0.2, 0.25) is 17.7 Å². The molecule has 2 rings (SSSR count). The molecule has 2 fully saturated rings. The first kappa shape index (κ1) is 15.5. The van der Waals surface area contributed by atoms with Crippen molar-refractivity contribution in [2.75, 3.05) is 19.6 Å². The summed E-state index contributed by atoms with van der Waals surface area (Å²) in [5, 5.41) is 12.0. The van der Waals surface area contributed by atoms with Crippen LogP contribution in [0.3, 0.4) is 0 Å². The van der Waals surface area contributed by atoms with Gasteiger partial charge in [0, 0.05) is 19.5 Å². The summed E-state index contributed by atoms with van der Waals surface area (Å²) >= 11 is 0. The predicted octanol–water partition coefficient (Wildman–Crippen LogP) is 0.470. The Bertz CT molecular complexity index is 485. The molecule has 1 heterocycles. The van der Waals surface area contributed by atoms with Crippen LogP contribution in [-0.2, 0) is 14.4 Å². The van der Waals surface area contributed by atoms with E-state index in [4.69, 9.17) is 5.21 Å². The highest BCUT2D eigenvalue weighted by molar-refractivity contribution is 6.09. The Morgan fingerprint density at radius 2 is 1.90 bits per heavy atom. The van der Waals surface area contributed by atoms with Crippen molar-refractivity contribution in [3.8, 4) is 0 Å². The average molecular weight is 295 g/mol. The van der Waals surface area contributed by atoms with Crippen LogP contribution < -0.4 is 0 Å². The fourth-order valence-corrected chi connectivity index (χ4v) is 3.14. The minimum absolute atomic E-state index is 0.183. The van der Waals surface area contributed by atoms with Crippen LogP contribution >= 0.6 is 0 Å². The van der Waals surface area contributed by atoms with E-state index < -0.39 is 5.92 Å². The topological polar surface area (TPSA) is 90.3 Å². The molecule has 0 aromatic carbocycles. The number of likely N-dealkylation sites (N-methyl/N-ethyl adjacent to an activating group) is 1. The van der Waals surface area contributed by atoms with Gasteiger partial charge < -0.3 is 10.1 Å². The summed E-state index contributed by atoms with van der Waals surface area (Å²) in [7, 11) is 0. The number of nitrogens with zero attached hydrogens (tertiary/aromatic N) is 3. The summed E-state index contributed by atoms with van der Waals surface area (Å²) in [5.41, 5.74) is 0.550. The first-order valence-corrected chi connectivity index (χ1v) is 7.36. The molecule has 21 heavy (non-hydrogen) atoms. The molecule has 7 heteroatoms.